The molecule has 0 saturated heterocycles. The summed E-state index contributed by atoms with van der Waals surface area (Å²) in [6.07, 6.45) is 0.321. The number of fused-ring (bicyclic) bond motifs is 2. The third kappa shape index (κ3) is 2.06. The fourth-order valence-corrected chi connectivity index (χ4v) is 3.44. The maximum absolute atomic E-state index is 12.3. The predicted octanol–water partition coefficient (Wildman–Crippen LogP) is 1.73. The van der Waals surface area contributed by atoms with E-state index >= 15 is 0 Å². The third-order valence-electron chi connectivity index (χ3n) is 3.28. The molecule has 100 valence electrons. The number of thioether (sulfide) groups is 1. The van der Waals surface area contributed by atoms with Crippen LogP contribution in [0.15, 0.2) is 12.1 Å². The van der Waals surface area contributed by atoms with Gasteiger partial charge in [-0.1, -0.05) is 0 Å². The lowest BCUT2D eigenvalue weighted by Gasteiger charge is -2.10. The maximum Gasteiger partial charge on any atom is 0.316 e. The van der Waals surface area contributed by atoms with Gasteiger partial charge in [0.05, 0.1) is 5.25 Å². The van der Waals surface area contributed by atoms with Gasteiger partial charge < -0.3 is 14.6 Å². The van der Waals surface area contributed by atoms with E-state index in [1.165, 1.54) is 11.8 Å². The largest absolute Gasteiger partial charge is 0.480 e. The number of benzene rings is 1. The van der Waals surface area contributed by atoms with Crippen LogP contribution in [-0.4, -0.2) is 34.2 Å². The third-order valence-corrected chi connectivity index (χ3v) is 4.60. The summed E-state index contributed by atoms with van der Waals surface area (Å²) >= 11 is 1.19. The van der Waals surface area contributed by atoms with E-state index in [0.29, 0.717) is 23.5 Å². The summed E-state index contributed by atoms with van der Waals surface area (Å²) in [4.78, 5) is 23.5. The number of ether oxygens (including phenoxy) is 2. The molecule has 2 aliphatic rings. The highest BCUT2D eigenvalue weighted by atomic mass is 32.2. The van der Waals surface area contributed by atoms with Crippen molar-refractivity contribution in [3.8, 4) is 11.5 Å². The summed E-state index contributed by atoms with van der Waals surface area (Å²) in [5.41, 5.74) is 1.27. The number of aliphatic carboxylic acids is 1. The van der Waals surface area contributed by atoms with Crippen LogP contribution in [0.25, 0.3) is 0 Å². The molecule has 2 atom stereocenters. The molecule has 0 spiro atoms. The second-order valence-corrected chi connectivity index (χ2v) is 6.08. The minimum Gasteiger partial charge on any atom is -0.480 e. The maximum atomic E-state index is 12.3. The second-order valence-electron chi connectivity index (χ2n) is 4.54. The number of carboxylic acids is 1. The second kappa shape index (κ2) is 4.45. The van der Waals surface area contributed by atoms with Crippen molar-refractivity contribution < 1.29 is 24.2 Å². The molecule has 0 fully saturated rings. The van der Waals surface area contributed by atoms with Crippen molar-refractivity contribution in [2.75, 3.05) is 6.79 Å². The molecule has 6 heteroatoms. The topological polar surface area (TPSA) is 72.8 Å². The fraction of sp³-hybridized carbons (Fsp3) is 0.385. The quantitative estimate of drug-likeness (QED) is 0.844. The molecule has 0 amide bonds. The first-order valence-electron chi connectivity index (χ1n) is 5.91. The van der Waals surface area contributed by atoms with Crippen LogP contribution in [0, 0.1) is 0 Å². The van der Waals surface area contributed by atoms with Crippen LogP contribution in [0.5, 0.6) is 11.5 Å². The number of Topliss-reactive ketones (excluding diaryl/α,β-unsaturated/α-hetero) is 1. The highest BCUT2D eigenvalue weighted by Gasteiger charge is 2.33. The summed E-state index contributed by atoms with van der Waals surface area (Å²) in [6.45, 7) is 1.88. The van der Waals surface area contributed by atoms with Crippen molar-refractivity contribution in [3.05, 3.63) is 23.3 Å². The zero-order valence-corrected chi connectivity index (χ0v) is 11.0. The minimum atomic E-state index is -0.893. The number of rotatable bonds is 1. The first-order valence-corrected chi connectivity index (χ1v) is 6.85. The van der Waals surface area contributed by atoms with Gasteiger partial charge in [-0.3, -0.25) is 9.59 Å². The normalized spacial score (nSPS) is 24.8. The van der Waals surface area contributed by atoms with Gasteiger partial charge in [-0.2, -0.15) is 0 Å². The van der Waals surface area contributed by atoms with Crippen molar-refractivity contribution >= 4 is 23.5 Å². The summed E-state index contributed by atoms with van der Waals surface area (Å²) < 4.78 is 10.5. The Morgan fingerprint density at radius 1 is 1.37 bits per heavy atom. The highest BCUT2D eigenvalue weighted by Crippen LogP contribution is 2.39. The number of hydrogen-bond acceptors (Lipinski definition) is 5. The molecule has 0 aliphatic carbocycles. The average Bonchev–Trinajstić information content (AvgIpc) is 2.78. The molecule has 5 nitrogen and oxygen atoms in total. The van der Waals surface area contributed by atoms with Crippen LogP contribution in [0.1, 0.15) is 22.8 Å². The lowest BCUT2D eigenvalue weighted by Crippen LogP contribution is -2.21. The van der Waals surface area contributed by atoms with Crippen molar-refractivity contribution in [1.82, 2.24) is 0 Å². The van der Waals surface area contributed by atoms with Gasteiger partial charge in [0.2, 0.25) is 6.79 Å². The molecular weight excluding hydrogens is 268 g/mol. The van der Waals surface area contributed by atoms with Crippen molar-refractivity contribution in [3.63, 3.8) is 0 Å². The van der Waals surface area contributed by atoms with E-state index in [9.17, 15) is 14.7 Å². The molecule has 0 radical (unpaired) electrons. The smallest absolute Gasteiger partial charge is 0.316 e. The minimum absolute atomic E-state index is 0.0537. The van der Waals surface area contributed by atoms with Gasteiger partial charge in [0.1, 0.15) is 5.25 Å². The zero-order valence-electron chi connectivity index (χ0n) is 10.2. The van der Waals surface area contributed by atoms with Crippen LogP contribution in [0.2, 0.25) is 0 Å². The van der Waals surface area contributed by atoms with Crippen LogP contribution in [0.4, 0.5) is 0 Å². The number of carbonyl (C=O) groups is 2. The summed E-state index contributed by atoms with van der Waals surface area (Å²) in [6, 6.07) is 3.39. The Labute approximate surface area is 113 Å². The SMILES string of the molecule is C[C@H]1S[C@@H](C(=O)O)Cc2cc3c(cc2C1=O)OCO3. The van der Waals surface area contributed by atoms with E-state index in [1.807, 2.05) is 0 Å². The zero-order chi connectivity index (χ0) is 13.6. The van der Waals surface area contributed by atoms with Crippen LogP contribution >= 0.6 is 11.8 Å². The summed E-state index contributed by atoms with van der Waals surface area (Å²) in [7, 11) is 0. The van der Waals surface area contributed by atoms with E-state index in [1.54, 1.807) is 19.1 Å². The van der Waals surface area contributed by atoms with E-state index < -0.39 is 11.2 Å². The van der Waals surface area contributed by atoms with Gasteiger partial charge in [0.25, 0.3) is 0 Å². The van der Waals surface area contributed by atoms with E-state index in [-0.39, 0.29) is 17.8 Å². The molecule has 1 aromatic carbocycles. The number of carboxylic acid groups (broad SMARTS) is 1. The Kier molecular flexibility index (Phi) is 2.89. The molecule has 1 N–H and O–H groups in total. The van der Waals surface area contributed by atoms with Gasteiger partial charge in [0.15, 0.2) is 17.3 Å². The molecule has 1 aromatic rings. The van der Waals surface area contributed by atoms with Crippen LogP contribution < -0.4 is 9.47 Å². The van der Waals surface area contributed by atoms with E-state index in [0.717, 1.165) is 5.56 Å². The Morgan fingerprint density at radius 3 is 2.74 bits per heavy atom. The van der Waals surface area contributed by atoms with Crippen molar-refractivity contribution in [1.29, 1.82) is 0 Å². The lowest BCUT2D eigenvalue weighted by atomic mass is 9.97. The Bertz CT molecular complexity index is 568. The van der Waals surface area contributed by atoms with Crippen LogP contribution in [0.3, 0.4) is 0 Å². The van der Waals surface area contributed by atoms with Gasteiger partial charge in [-0.15, -0.1) is 11.8 Å². The molecule has 3 rings (SSSR count). The fourth-order valence-electron chi connectivity index (χ4n) is 2.30. The predicted molar refractivity (Wildman–Crippen MR) is 69.1 cm³/mol. The number of ketones is 1. The van der Waals surface area contributed by atoms with E-state index in [2.05, 4.69) is 0 Å². The molecule has 0 unspecified atom stereocenters. The number of carbonyl (C=O) groups excluding carboxylic acids is 1. The molecule has 0 bridgehead atoms. The van der Waals surface area contributed by atoms with Gasteiger partial charge >= 0.3 is 5.97 Å². The van der Waals surface area contributed by atoms with Crippen molar-refractivity contribution in [2.45, 2.75) is 23.8 Å². The lowest BCUT2D eigenvalue weighted by molar-refractivity contribution is -0.136. The van der Waals surface area contributed by atoms with Gasteiger partial charge in [0, 0.05) is 5.56 Å². The van der Waals surface area contributed by atoms with E-state index in [4.69, 9.17) is 9.47 Å². The molecular formula is C13H12O5S. The molecule has 0 aromatic heterocycles. The highest BCUT2D eigenvalue weighted by molar-refractivity contribution is 8.01. The van der Waals surface area contributed by atoms with Gasteiger partial charge in [-0.25, -0.2) is 0 Å². The molecule has 19 heavy (non-hydrogen) atoms. The summed E-state index contributed by atoms with van der Waals surface area (Å²) in [5.74, 6) is 0.186. The Morgan fingerprint density at radius 2 is 2.05 bits per heavy atom. The average molecular weight is 280 g/mol. The van der Waals surface area contributed by atoms with Crippen LogP contribution in [-0.2, 0) is 11.2 Å². The molecule has 2 aliphatic heterocycles. The molecule has 2 heterocycles. The van der Waals surface area contributed by atoms with Gasteiger partial charge in [-0.05, 0) is 31.0 Å². The Balaban J connectivity index is 2.09. The summed E-state index contributed by atoms with van der Waals surface area (Å²) in [5, 5.41) is 8.22. The monoisotopic (exact) mass is 280 g/mol. The van der Waals surface area contributed by atoms with Crippen molar-refractivity contribution in [2.24, 2.45) is 0 Å². The number of hydrogen-bond donors (Lipinski definition) is 1. The first kappa shape index (κ1) is 12.3. The Hall–Kier alpha value is -1.69. The molecule has 0 saturated carbocycles. The standard InChI is InChI=1S/C13H12O5S/c1-6-12(14)8-4-10-9(17-5-18-10)2-7(8)3-11(19-6)13(15)16/h2,4,6,11H,3,5H2,1H3,(H,15,16)/t6-,11-/m1/s1. The first-order chi connectivity index (χ1) is 9.06.